The molecule has 0 unspecified atom stereocenters. The minimum Gasteiger partial charge on any atom is -0.383 e. The van der Waals surface area contributed by atoms with Crippen LogP contribution in [-0.4, -0.2) is 9.78 Å². The van der Waals surface area contributed by atoms with Gasteiger partial charge in [-0.25, -0.2) is 4.68 Å². The maximum Gasteiger partial charge on any atom is 0.136 e. The van der Waals surface area contributed by atoms with Crippen LogP contribution in [0.5, 0.6) is 0 Å². The lowest BCUT2D eigenvalue weighted by atomic mass is 10.1. The monoisotopic (exact) mass is 291 g/mol. The fourth-order valence-corrected chi connectivity index (χ4v) is 2.33. The summed E-state index contributed by atoms with van der Waals surface area (Å²) in [6, 6.07) is 8.73. The number of nitrogens with zero attached hydrogens (tertiary/aromatic N) is 2. The third-order valence-electron chi connectivity index (χ3n) is 3.17. The van der Waals surface area contributed by atoms with E-state index in [0.29, 0.717) is 5.82 Å². The van der Waals surface area contributed by atoms with Crippen molar-refractivity contribution in [2.24, 2.45) is 0 Å². The Morgan fingerprint density at radius 3 is 2.88 bits per heavy atom. The second-order valence-corrected chi connectivity index (χ2v) is 5.41. The third kappa shape index (κ3) is 2.22. The normalized spacial score (nSPS) is 15.1. The predicted octanol–water partition coefficient (Wildman–Crippen LogP) is 3.15. The number of benzene rings is 1. The Labute approximate surface area is 109 Å². The van der Waals surface area contributed by atoms with Gasteiger partial charge in [-0.15, -0.1) is 0 Å². The number of hydrogen-bond acceptors (Lipinski definition) is 2. The minimum atomic E-state index is 0.682. The lowest BCUT2D eigenvalue weighted by Crippen LogP contribution is -2.06. The largest absolute Gasteiger partial charge is 0.383 e. The summed E-state index contributed by atoms with van der Waals surface area (Å²) in [5, 5.41) is 4.25. The molecule has 1 aliphatic rings. The second kappa shape index (κ2) is 4.18. The lowest BCUT2D eigenvalue weighted by Gasteiger charge is -2.06. The van der Waals surface area contributed by atoms with Crippen molar-refractivity contribution in [2.45, 2.75) is 25.3 Å². The van der Waals surface area contributed by atoms with Gasteiger partial charge in [0.25, 0.3) is 0 Å². The van der Waals surface area contributed by atoms with E-state index in [1.807, 2.05) is 4.68 Å². The molecular formula is C13H14BrN3. The number of halogens is 1. The van der Waals surface area contributed by atoms with Gasteiger partial charge in [-0.2, -0.15) is 5.10 Å². The summed E-state index contributed by atoms with van der Waals surface area (Å²) in [5.41, 5.74) is 8.63. The molecule has 3 nitrogen and oxygen atoms in total. The van der Waals surface area contributed by atoms with Crippen LogP contribution in [0.2, 0.25) is 0 Å². The summed E-state index contributed by atoms with van der Waals surface area (Å²) in [6.45, 7) is 0.734. The van der Waals surface area contributed by atoms with E-state index in [1.165, 1.54) is 24.0 Å². The third-order valence-corrected chi connectivity index (χ3v) is 3.78. The van der Waals surface area contributed by atoms with Crippen molar-refractivity contribution in [3.63, 3.8) is 0 Å². The van der Waals surface area contributed by atoms with E-state index in [2.05, 4.69) is 45.3 Å². The quantitative estimate of drug-likeness (QED) is 0.944. The Bertz CT molecular complexity index is 543. The van der Waals surface area contributed by atoms with Gasteiger partial charge in [-0.1, -0.05) is 24.3 Å². The molecule has 0 saturated heterocycles. The summed E-state index contributed by atoms with van der Waals surface area (Å²) in [7, 11) is 0. The molecule has 2 aromatic rings. The molecule has 17 heavy (non-hydrogen) atoms. The van der Waals surface area contributed by atoms with E-state index >= 15 is 0 Å². The van der Waals surface area contributed by atoms with Crippen molar-refractivity contribution in [1.82, 2.24) is 9.78 Å². The van der Waals surface area contributed by atoms with E-state index in [0.717, 1.165) is 16.9 Å². The van der Waals surface area contributed by atoms with Crippen molar-refractivity contribution in [2.75, 3.05) is 5.73 Å². The van der Waals surface area contributed by atoms with Crippen LogP contribution in [0.15, 0.2) is 34.9 Å². The standard InChI is InChI=1S/C13H14BrN3/c14-12-7-16-17(13(12)15)8-9-2-1-3-11(6-9)10-4-5-10/h1-3,6-7,10H,4-5,8,15H2. The molecule has 1 heterocycles. The number of nitrogen functional groups attached to an aromatic ring is 1. The van der Waals surface area contributed by atoms with E-state index in [1.54, 1.807) is 6.20 Å². The molecule has 1 aliphatic carbocycles. The van der Waals surface area contributed by atoms with Crippen molar-refractivity contribution < 1.29 is 0 Å². The molecule has 0 bridgehead atoms. The van der Waals surface area contributed by atoms with Crippen LogP contribution in [0.3, 0.4) is 0 Å². The summed E-state index contributed by atoms with van der Waals surface area (Å²) < 4.78 is 2.67. The molecule has 2 N–H and O–H groups in total. The Balaban J connectivity index is 1.84. The summed E-state index contributed by atoms with van der Waals surface area (Å²) in [4.78, 5) is 0. The van der Waals surface area contributed by atoms with Crippen LogP contribution in [0, 0.1) is 0 Å². The van der Waals surface area contributed by atoms with E-state index in [4.69, 9.17) is 5.73 Å². The Kier molecular flexibility index (Phi) is 2.67. The Morgan fingerprint density at radius 2 is 2.24 bits per heavy atom. The predicted molar refractivity (Wildman–Crippen MR) is 71.9 cm³/mol. The van der Waals surface area contributed by atoms with Crippen molar-refractivity contribution in [1.29, 1.82) is 0 Å². The average Bonchev–Trinajstić information content (AvgIpc) is 3.13. The molecule has 4 heteroatoms. The molecular weight excluding hydrogens is 278 g/mol. The van der Waals surface area contributed by atoms with Crippen LogP contribution in [0.4, 0.5) is 5.82 Å². The highest BCUT2D eigenvalue weighted by atomic mass is 79.9. The molecule has 1 fully saturated rings. The molecule has 0 radical (unpaired) electrons. The highest BCUT2D eigenvalue weighted by molar-refractivity contribution is 9.10. The van der Waals surface area contributed by atoms with E-state index < -0.39 is 0 Å². The van der Waals surface area contributed by atoms with Crippen molar-refractivity contribution in [3.05, 3.63) is 46.1 Å². The molecule has 1 saturated carbocycles. The van der Waals surface area contributed by atoms with Crippen molar-refractivity contribution >= 4 is 21.7 Å². The van der Waals surface area contributed by atoms with Gasteiger partial charge in [-0.3, -0.25) is 0 Å². The number of rotatable bonds is 3. The fourth-order valence-electron chi connectivity index (χ4n) is 2.03. The van der Waals surface area contributed by atoms with E-state index in [9.17, 15) is 0 Å². The molecule has 0 atom stereocenters. The van der Waals surface area contributed by atoms with Gasteiger partial charge >= 0.3 is 0 Å². The zero-order chi connectivity index (χ0) is 11.8. The number of hydrogen-bond donors (Lipinski definition) is 1. The van der Waals surface area contributed by atoms with Gasteiger partial charge in [0.05, 0.1) is 17.2 Å². The Morgan fingerprint density at radius 1 is 1.41 bits per heavy atom. The highest BCUT2D eigenvalue weighted by Crippen LogP contribution is 2.40. The SMILES string of the molecule is Nc1c(Br)cnn1Cc1cccc(C2CC2)c1. The van der Waals surface area contributed by atoms with Crippen LogP contribution in [0.25, 0.3) is 0 Å². The molecule has 0 aliphatic heterocycles. The molecule has 88 valence electrons. The Hall–Kier alpha value is -1.29. The maximum atomic E-state index is 5.91. The molecule has 1 aromatic heterocycles. The first-order valence-corrected chi connectivity index (χ1v) is 6.59. The zero-order valence-corrected chi connectivity index (χ0v) is 11.0. The summed E-state index contributed by atoms with van der Waals surface area (Å²) in [5.74, 6) is 1.47. The highest BCUT2D eigenvalue weighted by Gasteiger charge is 2.23. The van der Waals surface area contributed by atoms with E-state index in [-0.39, 0.29) is 0 Å². The zero-order valence-electron chi connectivity index (χ0n) is 9.44. The number of anilines is 1. The van der Waals surface area contributed by atoms with Crippen LogP contribution in [-0.2, 0) is 6.54 Å². The smallest absolute Gasteiger partial charge is 0.136 e. The molecule has 1 aromatic carbocycles. The van der Waals surface area contributed by atoms with Gasteiger partial charge < -0.3 is 5.73 Å². The van der Waals surface area contributed by atoms with Crippen LogP contribution in [0.1, 0.15) is 29.9 Å². The van der Waals surface area contributed by atoms with Crippen LogP contribution >= 0.6 is 15.9 Å². The van der Waals surface area contributed by atoms with Gasteiger partial charge in [0.15, 0.2) is 0 Å². The first-order chi connectivity index (χ1) is 8.24. The van der Waals surface area contributed by atoms with Crippen LogP contribution < -0.4 is 5.73 Å². The van der Waals surface area contributed by atoms with Gasteiger partial charge in [0.2, 0.25) is 0 Å². The van der Waals surface area contributed by atoms with Gasteiger partial charge in [-0.05, 0) is 45.8 Å². The summed E-state index contributed by atoms with van der Waals surface area (Å²) in [6.07, 6.45) is 4.40. The molecule has 0 spiro atoms. The van der Waals surface area contributed by atoms with Gasteiger partial charge in [0.1, 0.15) is 5.82 Å². The average molecular weight is 292 g/mol. The first kappa shape index (κ1) is 10.8. The second-order valence-electron chi connectivity index (χ2n) is 4.55. The number of nitrogens with two attached hydrogens (primary N) is 1. The van der Waals surface area contributed by atoms with Gasteiger partial charge in [0, 0.05) is 0 Å². The fraction of sp³-hybridized carbons (Fsp3) is 0.308. The first-order valence-electron chi connectivity index (χ1n) is 5.79. The topological polar surface area (TPSA) is 43.8 Å². The minimum absolute atomic E-state index is 0.682. The maximum absolute atomic E-state index is 5.91. The summed E-state index contributed by atoms with van der Waals surface area (Å²) >= 11 is 3.37. The molecule has 0 amide bonds. The molecule has 3 rings (SSSR count). The lowest BCUT2D eigenvalue weighted by molar-refractivity contribution is 0.696. The van der Waals surface area contributed by atoms with Crippen molar-refractivity contribution in [3.8, 4) is 0 Å². The number of aromatic nitrogens is 2.